The van der Waals surface area contributed by atoms with Crippen molar-refractivity contribution in [3.63, 3.8) is 0 Å². The summed E-state index contributed by atoms with van der Waals surface area (Å²) in [5, 5.41) is 21.5. The van der Waals surface area contributed by atoms with E-state index in [9.17, 15) is 14.7 Å². The zero-order chi connectivity index (χ0) is 22.4. The second kappa shape index (κ2) is 8.02. The van der Waals surface area contributed by atoms with Gasteiger partial charge >= 0.3 is 0 Å². The van der Waals surface area contributed by atoms with E-state index in [1.54, 1.807) is 12.4 Å². The molecule has 3 fully saturated rings. The summed E-state index contributed by atoms with van der Waals surface area (Å²) in [6.45, 7) is 6.49. The summed E-state index contributed by atoms with van der Waals surface area (Å²) in [6, 6.07) is 3.46. The van der Waals surface area contributed by atoms with Crippen molar-refractivity contribution in [2.24, 2.45) is 17.3 Å². The molecule has 2 aromatic rings. The zero-order valence-electron chi connectivity index (χ0n) is 17.9. The molecule has 0 unspecified atom stereocenters. The lowest BCUT2D eigenvalue weighted by atomic mass is 9.43. The normalized spacial score (nSPS) is 28.5. The topological polar surface area (TPSA) is 109 Å². The van der Waals surface area contributed by atoms with E-state index in [0.717, 1.165) is 23.1 Å². The van der Waals surface area contributed by atoms with Crippen LogP contribution < -0.4 is 16.2 Å². The summed E-state index contributed by atoms with van der Waals surface area (Å²) in [6.07, 6.45) is 6.72. The van der Waals surface area contributed by atoms with Crippen LogP contribution in [0.5, 0.6) is 0 Å². The molecule has 2 heterocycles. The smallest absolute Gasteiger partial charge is 0.283 e. The van der Waals surface area contributed by atoms with E-state index in [4.69, 9.17) is 0 Å². The zero-order valence-corrected chi connectivity index (χ0v) is 19.5. The molecule has 1 amide bonds. The minimum atomic E-state index is -0.876. The van der Waals surface area contributed by atoms with Crippen molar-refractivity contribution in [1.29, 1.82) is 0 Å². The van der Waals surface area contributed by atoms with Gasteiger partial charge in [-0.25, -0.2) is 4.68 Å². The Balaban J connectivity index is 1.42. The van der Waals surface area contributed by atoms with E-state index >= 15 is 0 Å². The fraction of sp³-hybridized carbons (Fsp3) is 0.545. The summed E-state index contributed by atoms with van der Waals surface area (Å²) in [5.74, 6) is 0.454. The number of carbonyl (C=O) groups is 1. The lowest BCUT2D eigenvalue weighted by molar-refractivity contribution is -0.199. The van der Waals surface area contributed by atoms with Crippen LogP contribution in [0.15, 0.2) is 40.0 Å². The summed E-state index contributed by atoms with van der Waals surface area (Å²) < 4.78 is 1.43. The van der Waals surface area contributed by atoms with E-state index in [1.807, 2.05) is 19.1 Å². The molecule has 9 heteroatoms. The van der Waals surface area contributed by atoms with Crippen LogP contribution in [0.1, 0.15) is 39.2 Å². The van der Waals surface area contributed by atoms with Gasteiger partial charge in [0.15, 0.2) is 0 Å². The minimum absolute atomic E-state index is 0.129. The molecule has 4 atom stereocenters. The van der Waals surface area contributed by atoms with E-state index in [-0.39, 0.29) is 29.8 Å². The van der Waals surface area contributed by atoms with Gasteiger partial charge in [-0.05, 0) is 70.6 Å². The van der Waals surface area contributed by atoms with Gasteiger partial charge in [0.05, 0.1) is 23.5 Å². The Morgan fingerprint density at radius 2 is 2.00 bits per heavy atom. The predicted octanol–water partition coefficient (Wildman–Crippen LogP) is 2.31. The number of pyridine rings is 1. The van der Waals surface area contributed by atoms with E-state index < -0.39 is 11.2 Å². The van der Waals surface area contributed by atoms with Crippen molar-refractivity contribution in [1.82, 2.24) is 20.1 Å². The second-order valence-electron chi connectivity index (χ2n) is 9.43. The van der Waals surface area contributed by atoms with Gasteiger partial charge in [0.2, 0.25) is 5.91 Å². The van der Waals surface area contributed by atoms with E-state index in [0.29, 0.717) is 22.6 Å². The molecule has 2 bridgehead atoms. The van der Waals surface area contributed by atoms with Crippen LogP contribution in [-0.2, 0) is 17.9 Å². The maximum absolute atomic E-state index is 12.7. The van der Waals surface area contributed by atoms with Gasteiger partial charge < -0.3 is 15.7 Å². The monoisotopic (exact) mass is 489 g/mol. The van der Waals surface area contributed by atoms with E-state index in [1.165, 1.54) is 6.20 Å². The maximum Gasteiger partial charge on any atom is 0.283 e. The third kappa shape index (κ3) is 4.01. The molecular weight excluding hydrogens is 462 g/mol. The molecule has 0 aliphatic heterocycles. The van der Waals surface area contributed by atoms with Crippen molar-refractivity contribution in [3.05, 3.63) is 51.1 Å². The number of fused-ring (bicyclic) bond motifs is 2. The van der Waals surface area contributed by atoms with Gasteiger partial charge in [-0.1, -0.05) is 13.8 Å². The molecule has 5 rings (SSSR count). The number of aliphatic hydroxyl groups is 1. The highest BCUT2D eigenvalue weighted by Crippen LogP contribution is 2.62. The number of rotatable bonds is 6. The second-order valence-corrected chi connectivity index (χ2v) is 10.2. The Morgan fingerprint density at radius 3 is 2.65 bits per heavy atom. The summed E-state index contributed by atoms with van der Waals surface area (Å²) in [4.78, 5) is 28.9. The Hall–Kier alpha value is -2.26. The minimum Gasteiger partial charge on any atom is -0.388 e. The molecule has 0 saturated heterocycles. The lowest BCUT2D eigenvalue weighted by Gasteiger charge is -2.65. The molecule has 0 aromatic carbocycles. The number of nitrogens with one attached hydrogen (secondary N) is 2. The molecule has 3 aliphatic rings. The Kier molecular flexibility index (Phi) is 5.68. The van der Waals surface area contributed by atoms with Crippen molar-refractivity contribution in [3.8, 4) is 0 Å². The van der Waals surface area contributed by atoms with Crippen LogP contribution in [0.2, 0.25) is 0 Å². The fourth-order valence-electron chi connectivity index (χ4n) is 5.14. The summed E-state index contributed by atoms with van der Waals surface area (Å²) >= 11 is 3.35. The summed E-state index contributed by atoms with van der Waals surface area (Å²) in [5.41, 5.74) is 0.307. The molecule has 3 N–H and O–H groups in total. The highest BCUT2D eigenvalue weighted by Gasteiger charge is 2.62. The first-order valence-electron chi connectivity index (χ1n) is 10.5. The van der Waals surface area contributed by atoms with Gasteiger partial charge in [-0.15, -0.1) is 0 Å². The highest BCUT2D eigenvalue weighted by atomic mass is 79.9. The number of hydrogen-bond donors (Lipinski definition) is 3. The molecule has 8 nitrogen and oxygen atoms in total. The van der Waals surface area contributed by atoms with Crippen LogP contribution in [0.3, 0.4) is 0 Å². The van der Waals surface area contributed by atoms with Gasteiger partial charge in [-0.3, -0.25) is 14.6 Å². The van der Waals surface area contributed by atoms with Crippen LogP contribution in [0.25, 0.3) is 0 Å². The average Bonchev–Trinajstić information content (AvgIpc) is 2.73. The van der Waals surface area contributed by atoms with Crippen molar-refractivity contribution in [2.45, 2.75) is 58.3 Å². The summed E-state index contributed by atoms with van der Waals surface area (Å²) in [7, 11) is 0. The first-order valence-corrected chi connectivity index (χ1v) is 11.3. The first-order chi connectivity index (χ1) is 14.6. The van der Waals surface area contributed by atoms with Crippen molar-refractivity contribution in [2.75, 3.05) is 5.32 Å². The number of anilines is 1. The quantitative estimate of drug-likeness (QED) is 0.574. The number of amides is 1. The fourth-order valence-corrected chi connectivity index (χ4v) is 5.56. The number of halogens is 1. The highest BCUT2D eigenvalue weighted by molar-refractivity contribution is 9.10. The molecule has 0 radical (unpaired) electrons. The third-order valence-electron chi connectivity index (χ3n) is 7.25. The third-order valence-corrected chi connectivity index (χ3v) is 8.02. The number of carbonyl (C=O) groups excluding carboxylic acids is 1. The molecular formula is C22H28BrN5O3. The maximum atomic E-state index is 12.7. The molecule has 3 aliphatic carbocycles. The number of nitrogens with zero attached hydrogens (tertiary/aromatic N) is 3. The van der Waals surface area contributed by atoms with Gasteiger partial charge in [0.25, 0.3) is 5.56 Å². The Morgan fingerprint density at radius 1 is 1.29 bits per heavy atom. The molecule has 0 spiro atoms. The lowest BCUT2D eigenvalue weighted by Crippen LogP contribution is -2.68. The first kappa shape index (κ1) is 22.0. The van der Waals surface area contributed by atoms with Gasteiger partial charge in [0, 0.05) is 18.9 Å². The standard InChI is InChI=1S/C22H28BrN5O3/c1-21(2)14-8-16(21)22(3,31)17(9-14)27-15-11-26-28(20(30)19(15)23)12-18(29)25-10-13-4-6-24-7-5-13/h4-7,11,14,16-17,27,31H,8-10,12H2,1-3H3,(H,25,29)/t14-,16-,17+,22-/m1/s1. The van der Waals surface area contributed by atoms with Gasteiger partial charge in [0.1, 0.15) is 11.0 Å². The van der Waals surface area contributed by atoms with Crippen LogP contribution >= 0.6 is 15.9 Å². The molecule has 31 heavy (non-hydrogen) atoms. The average molecular weight is 490 g/mol. The predicted molar refractivity (Wildman–Crippen MR) is 120 cm³/mol. The van der Waals surface area contributed by atoms with E-state index in [2.05, 4.69) is 50.5 Å². The van der Waals surface area contributed by atoms with Crippen LogP contribution in [0, 0.1) is 17.3 Å². The van der Waals surface area contributed by atoms with Crippen molar-refractivity contribution >= 4 is 27.5 Å². The van der Waals surface area contributed by atoms with Crippen LogP contribution in [-0.4, -0.2) is 37.4 Å². The van der Waals surface area contributed by atoms with Crippen molar-refractivity contribution < 1.29 is 9.90 Å². The van der Waals surface area contributed by atoms with Crippen LogP contribution in [0.4, 0.5) is 5.69 Å². The largest absolute Gasteiger partial charge is 0.388 e. The Labute approximate surface area is 189 Å². The Bertz CT molecular complexity index is 1040. The van der Waals surface area contributed by atoms with Gasteiger partial charge in [-0.2, -0.15) is 5.10 Å². The number of hydrogen-bond acceptors (Lipinski definition) is 6. The SMILES string of the molecule is CC1(C)[C@H]2C[C@H](Nc3cnn(CC(=O)NCc4ccncc4)c(=O)c3Br)[C@](C)(O)[C@@H]1C2. The molecule has 3 saturated carbocycles. The molecule has 2 aromatic heterocycles. The number of aromatic nitrogens is 3. The molecule has 166 valence electrons.